The van der Waals surface area contributed by atoms with Crippen LogP contribution in [0.15, 0.2) is 96.5 Å². The van der Waals surface area contributed by atoms with Crippen molar-refractivity contribution in [1.29, 1.82) is 0 Å². The molecule has 1 N–H and O–H groups in total. The highest BCUT2D eigenvalue weighted by Crippen LogP contribution is 2.49. The quantitative estimate of drug-likeness (QED) is 0.318. The number of ether oxygens (including phenoxy) is 1. The Balaban J connectivity index is 1.37. The van der Waals surface area contributed by atoms with E-state index in [2.05, 4.69) is 77.6 Å². The molecule has 0 aromatic heterocycles. The molecular weight excluding hydrogens is 416 g/mol. The molecule has 3 aromatic rings. The summed E-state index contributed by atoms with van der Waals surface area (Å²) in [4.78, 5) is 4.65. The van der Waals surface area contributed by atoms with E-state index in [-0.39, 0.29) is 6.04 Å². The van der Waals surface area contributed by atoms with E-state index in [0.717, 1.165) is 23.4 Å². The van der Waals surface area contributed by atoms with Crippen molar-refractivity contribution in [1.82, 2.24) is 0 Å². The molecule has 1 heterocycles. The zero-order valence-electron chi connectivity index (χ0n) is 17.7. The van der Waals surface area contributed by atoms with Crippen molar-refractivity contribution >= 4 is 29.2 Å². The first kappa shape index (κ1) is 20.6. The summed E-state index contributed by atoms with van der Waals surface area (Å²) >= 11 is 6.17. The molecule has 2 aliphatic rings. The van der Waals surface area contributed by atoms with Gasteiger partial charge in [0.25, 0.3) is 0 Å². The molecule has 0 saturated carbocycles. The molecule has 0 amide bonds. The van der Waals surface area contributed by atoms with E-state index in [4.69, 9.17) is 16.3 Å². The Morgan fingerprint density at radius 3 is 2.78 bits per heavy atom. The first-order valence-electron chi connectivity index (χ1n) is 10.9. The maximum absolute atomic E-state index is 6.17. The Morgan fingerprint density at radius 1 is 1.09 bits per heavy atom. The van der Waals surface area contributed by atoms with Crippen molar-refractivity contribution in [3.05, 3.63) is 113 Å². The van der Waals surface area contributed by atoms with Crippen molar-refractivity contribution in [2.24, 2.45) is 10.9 Å². The smallest absolute Gasteiger partial charge is 0.128 e. The molecule has 0 saturated heterocycles. The number of anilines is 1. The van der Waals surface area contributed by atoms with Gasteiger partial charge in [0.2, 0.25) is 0 Å². The number of para-hydroxylation sites is 1. The molecule has 0 spiro atoms. The molecule has 5 rings (SSSR count). The molecule has 1 aliphatic carbocycles. The summed E-state index contributed by atoms with van der Waals surface area (Å²) in [5, 5.41) is 4.43. The lowest BCUT2D eigenvalue weighted by molar-refractivity contribution is 0.363. The van der Waals surface area contributed by atoms with Crippen LogP contribution in [0, 0.1) is 5.92 Å². The van der Waals surface area contributed by atoms with Gasteiger partial charge in [-0.25, -0.2) is 0 Å². The molecule has 0 unspecified atom stereocenters. The lowest BCUT2D eigenvalue weighted by atomic mass is 9.77. The van der Waals surface area contributed by atoms with Gasteiger partial charge in [-0.05, 0) is 59.9 Å². The molecule has 4 heteroatoms. The number of hydrogen-bond acceptors (Lipinski definition) is 3. The lowest BCUT2D eigenvalue weighted by Crippen LogP contribution is -2.28. The first-order chi connectivity index (χ1) is 15.7. The summed E-state index contributed by atoms with van der Waals surface area (Å²) in [6, 6.07) is 23.0. The molecular formula is C28H25ClN2O. The number of aliphatic imine (C=N–C) groups is 1. The van der Waals surface area contributed by atoms with Crippen molar-refractivity contribution < 1.29 is 4.74 Å². The first-order valence-corrected chi connectivity index (χ1v) is 11.3. The molecule has 0 bridgehead atoms. The van der Waals surface area contributed by atoms with Gasteiger partial charge in [0.15, 0.2) is 0 Å². The zero-order valence-corrected chi connectivity index (χ0v) is 18.5. The van der Waals surface area contributed by atoms with Crippen LogP contribution in [-0.2, 0) is 0 Å². The van der Waals surface area contributed by atoms with E-state index in [1.165, 1.54) is 16.8 Å². The SMILES string of the molecule is C=CCOc1ccc(Cl)cc1C=Nc1ccc([C@@H]2Nc3ccccc3[C@H]3C=CC[C@H]32)cc1. The molecule has 3 nitrogen and oxygen atoms in total. The number of halogens is 1. The van der Waals surface area contributed by atoms with Gasteiger partial charge < -0.3 is 10.1 Å². The number of rotatable bonds is 6. The standard InChI is InChI=1S/C28H25ClN2O/c1-2-16-32-27-15-12-21(29)17-20(27)18-30-22-13-10-19(11-14-22)28-25-8-5-7-23(25)24-6-3-4-9-26(24)31-28/h2-7,9-15,17-18,23,25,28,31H,1,8,16H2/t23-,25-,28+/m1/s1. The molecule has 0 radical (unpaired) electrons. The van der Waals surface area contributed by atoms with Crippen LogP contribution in [0.25, 0.3) is 0 Å². The summed E-state index contributed by atoms with van der Waals surface area (Å²) in [5.41, 5.74) is 5.66. The summed E-state index contributed by atoms with van der Waals surface area (Å²) in [7, 11) is 0. The average molecular weight is 441 g/mol. The largest absolute Gasteiger partial charge is 0.489 e. The minimum Gasteiger partial charge on any atom is -0.489 e. The fraction of sp³-hybridized carbons (Fsp3) is 0.179. The van der Waals surface area contributed by atoms with E-state index in [1.54, 1.807) is 12.3 Å². The molecule has 0 fully saturated rings. The lowest BCUT2D eigenvalue weighted by Gasteiger charge is -2.37. The van der Waals surface area contributed by atoms with Gasteiger partial charge in [-0.3, -0.25) is 4.99 Å². The van der Waals surface area contributed by atoms with Gasteiger partial charge in [0.1, 0.15) is 12.4 Å². The normalized spacial score (nSPS) is 21.1. The van der Waals surface area contributed by atoms with Crippen LogP contribution in [-0.4, -0.2) is 12.8 Å². The second kappa shape index (κ2) is 9.05. The Bertz CT molecular complexity index is 1180. The van der Waals surface area contributed by atoms with Gasteiger partial charge in [-0.1, -0.05) is 66.7 Å². The van der Waals surface area contributed by atoms with Gasteiger partial charge in [-0.2, -0.15) is 0 Å². The van der Waals surface area contributed by atoms with Gasteiger partial charge in [-0.15, -0.1) is 0 Å². The number of nitrogens with zero attached hydrogens (tertiary/aromatic N) is 1. The van der Waals surface area contributed by atoms with Crippen LogP contribution in [0.3, 0.4) is 0 Å². The summed E-state index contributed by atoms with van der Waals surface area (Å²) < 4.78 is 5.71. The monoisotopic (exact) mass is 440 g/mol. The predicted octanol–water partition coefficient (Wildman–Crippen LogP) is 7.48. The number of fused-ring (bicyclic) bond motifs is 3. The minimum absolute atomic E-state index is 0.287. The molecule has 3 aromatic carbocycles. The van der Waals surface area contributed by atoms with Gasteiger partial charge in [0, 0.05) is 28.4 Å². The van der Waals surface area contributed by atoms with E-state index in [1.807, 2.05) is 18.2 Å². The maximum atomic E-state index is 6.17. The Kier molecular flexibility index (Phi) is 5.83. The van der Waals surface area contributed by atoms with Crippen molar-refractivity contribution in [2.75, 3.05) is 11.9 Å². The molecule has 3 atom stereocenters. The topological polar surface area (TPSA) is 33.6 Å². The van der Waals surface area contributed by atoms with Crippen LogP contribution in [0.5, 0.6) is 5.75 Å². The average Bonchev–Trinajstić information content (AvgIpc) is 3.32. The van der Waals surface area contributed by atoms with E-state index < -0.39 is 0 Å². The Labute approximate surface area is 194 Å². The fourth-order valence-corrected chi connectivity index (χ4v) is 4.87. The highest BCUT2D eigenvalue weighted by Gasteiger charge is 2.37. The molecule has 32 heavy (non-hydrogen) atoms. The van der Waals surface area contributed by atoms with E-state index in [0.29, 0.717) is 23.5 Å². The third kappa shape index (κ3) is 4.09. The second-order valence-electron chi connectivity index (χ2n) is 8.19. The van der Waals surface area contributed by atoms with Crippen LogP contribution >= 0.6 is 11.6 Å². The van der Waals surface area contributed by atoms with Gasteiger partial charge >= 0.3 is 0 Å². The van der Waals surface area contributed by atoms with Crippen LogP contribution in [0.4, 0.5) is 11.4 Å². The van der Waals surface area contributed by atoms with Crippen LogP contribution in [0.2, 0.25) is 5.02 Å². The number of hydrogen-bond donors (Lipinski definition) is 1. The highest BCUT2D eigenvalue weighted by molar-refractivity contribution is 6.30. The van der Waals surface area contributed by atoms with E-state index >= 15 is 0 Å². The Morgan fingerprint density at radius 2 is 1.94 bits per heavy atom. The molecule has 1 aliphatic heterocycles. The molecule has 160 valence electrons. The number of nitrogens with one attached hydrogen (secondary N) is 1. The summed E-state index contributed by atoms with van der Waals surface area (Å²) in [6.07, 6.45) is 9.30. The van der Waals surface area contributed by atoms with E-state index in [9.17, 15) is 0 Å². The number of benzene rings is 3. The minimum atomic E-state index is 0.287. The fourth-order valence-electron chi connectivity index (χ4n) is 4.69. The van der Waals surface area contributed by atoms with Gasteiger partial charge in [0.05, 0.1) is 11.7 Å². The third-order valence-electron chi connectivity index (χ3n) is 6.21. The summed E-state index contributed by atoms with van der Waals surface area (Å²) in [5.74, 6) is 1.75. The second-order valence-corrected chi connectivity index (χ2v) is 8.63. The Hall–Kier alpha value is -3.30. The maximum Gasteiger partial charge on any atom is 0.128 e. The van der Waals surface area contributed by atoms with Crippen LogP contribution in [0.1, 0.15) is 35.1 Å². The zero-order chi connectivity index (χ0) is 21.9. The summed E-state index contributed by atoms with van der Waals surface area (Å²) in [6.45, 7) is 4.14. The number of allylic oxidation sites excluding steroid dienone is 2. The predicted molar refractivity (Wildman–Crippen MR) is 134 cm³/mol. The van der Waals surface area contributed by atoms with Crippen LogP contribution < -0.4 is 10.1 Å². The van der Waals surface area contributed by atoms with Crippen molar-refractivity contribution in [2.45, 2.75) is 18.4 Å². The third-order valence-corrected chi connectivity index (χ3v) is 6.44. The van der Waals surface area contributed by atoms with Crippen molar-refractivity contribution in [3.63, 3.8) is 0 Å². The van der Waals surface area contributed by atoms with Crippen molar-refractivity contribution in [3.8, 4) is 5.75 Å². The highest BCUT2D eigenvalue weighted by atomic mass is 35.5.